The number of carbonyl (C=O) groups excluding carboxylic acids is 1. The van der Waals surface area contributed by atoms with E-state index in [1.807, 2.05) is 72.0 Å². The fourth-order valence-electron chi connectivity index (χ4n) is 3.46. The molecule has 1 aliphatic rings. The summed E-state index contributed by atoms with van der Waals surface area (Å²) in [5.74, 6) is 0.0351. The van der Waals surface area contributed by atoms with Crippen LogP contribution >= 0.6 is 0 Å². The van der Waals surface area contributed by atoms with Crippen molar-refractivity contribution in [2.45, 2.75) is 26.0 Å². The van der Waals surface area contributed by atoms with Crippen LogP contribution in [0.3, 0.4) is 0 Å². The van der Waals surface area contributed by atoms with Gasteiger partial charge >= 0.3 is 0 Å². The molecule has 1 aliphatic heterocycles. The molecule has 27 heavy (non-hydrogen) atoms. The van der Waals surface area contributed by atoms with Crippen LogP contribution in [0.15, 0.2) is 66.9 Å². The topological polar surface area (TPSA) is 47.4 Å². The summed E-state index contributed by atoms with van der Waals surface area (Å²) in [5.41, 5.74) is 3.62. The molecule has 2 unspecified atom stereocenters. The molecule has 5 nitrogen and oxygen atoms in total. The zero-order valence-electron chi connectivity index (χ0n) is 15.6. The Hall–Kier alpha value is -2.92. The van der Waals surface area contributed by atoms with Gasteiger partial charge in [0.25, 0.3) is 5.91 Å². The first-order valence-corrected chi connectivity index (χ1v) is 9.26. The highest BCUT2D eigenvalue weighted by molar-refractivity contribution is 5.95. The first-order chi connectivity index (χ1) is 13.1. The monoisotopic (exact) mass is 361 g/mol. The average molecular weight is 361 g/mol. The Morgan fingerprint density at radius 1 is 1.07 bits per heavy atom. The van der Waals surface area contributed by atoms with Crippen LogP contribution in [0, 0.1) is 0 Å². The van der Waals surface area contributed by atoms with Gasteiger partial charge in [0.05, 0.1) is 36.3 Å². The van der Waals surface area contributed by atoms with Crippen LogP contribution in [0.1, 0.15) is 24.2 Å². The maximum absolute atomic E-state index is 13.1. The molecule has 1 amide bonds. The van der Waals surface area contributed by atoms with Gasteiger partial charge in [0.15, 0.2) is 0 Å². The number of hydrogen-bond acceptors (Lipinski definition) is 3. The first-order valence-electron chi connectivity index (χ1n) is 9.26. The second kappa shape index (κ2) is 7.37. The van der Waals surface area contributed by atoms with Gasteiger partial charge in [-0.2, -0.15) is 5.10 Å². The van der Waals surface area contributed by atoms with Crippen LogP contribution in [0.25, 0.3) is 16.9 Å². The van der Waals surface area contributed by atoms with Crippen molar-refractivity contribution < 1.29 is 9.53 Å². The molecule has 0 aliphatic carbocycles. The number of nitrogens with zero attached hydrogens (tertiary/aromatic N) is 3. The number of aromatic nitrogens is 2. The largest absolute Gasteiger partial charge is 0.375 e. The van der Waals surface area contributed by atoms with Gasteiger partial charge in [0, 0.05) is 17.7 Å². The number of carbonyl (C=O) groups is 1. The maximum Gasteiger partial charge on any atom is 0.254 e. The Morgan fingerprint density at radius 2 is 1.89 bits per heavy atom. The zero-order chi connectivity index (χ0) is 18.8. The Bertz CT molecular complexity index is 935. The third-order valence-electron chi connectivity index (χ3n) is 4.92. The lowest BCUT2D eigenvalue weighted by molar-refractivity contribution is -0.0387. The molecule has 0 N–H and O–H groups in total. The Kier molecular flexibility index (Phi) is 4.77. The minimum absolute atomic E-state index is 0.0351. The van der Waals surface area contributed by atoms with E-state index in [0.29, 0.717) is 18.7 Å². The summed E-state index contributed by atoms with van der Waals surface area (Å²) >= 11 is 0. The molecule has 0 bridgehead atoms. The molecule has 138 valence electrons. The molecule has 0 radical (unpaired) electrons. The number of hydrogen-bond donors (Lipinski definition) is 0. The molecule has 1 fully saturated rings. The van der Waals surface area contributed by atoms with E-state index in [-0.39, 0.29) is 18.1 Å². The molecule has 5 heteroatoms. The normalized spacial score (nSPS) is 19.9. The van der Waals surface area contributed by atoms with Gasteiger partial charge in [-0.3, -0.25) is 4.79 Å². The summed E-state index contributed by atoms with van der Waals surface area (Å²) in [7, 11) is 0. The number of morpholine rings is 1. The third kappa shape index (κ3) is 3.51. The van der Waals surface area contributed by atoms with Crippen molar-refractivity contribution in [3.8, 4) is 16.9 Å². The number of ether oxygens (including phenoxy) is 1. The van der Waals surface area contributed by atoms with Crippen LogP contribution in [-0.2, 0) is 4.74 Å². The highest BCUT2D eigenvalue weighted by atomic mass is 16.5. The van der Waals surface area contributed by atoms with Crippen LogP contribution in [0.5, 0.6) is 0 Å². The average Bonchev–Trinajstić information content (AvgIpc) is 3.20. The lowest BCUT2D eigenvalue weighted by Gasteiger charge is -2.36. The van der Waals surface area contributed by atoms with Gasteiger partial charge in [-0.15, -0.1) is 0 Å². The fraction of sp³-hybridized carbons (Fsp3) is 0.273. The highest BCUT2D eigenvalue weighted by Crippen LogP contribution is 2.23. The van der Waals surface area contributed by atoms with Gasteiger partial charge in [0.1, 0.15) is 0 Å². The van der Waals surface area contributed by atoms with Gasteiger partial charge in [-0.1, -0.05) is 36.4 Å². The number of rotatable bonds is 3. The molecule has 0 spiro atoms. The van der Waals surface area contributed by atoms with E-state index in [1.165, 1.54) is 0 Å². The molecule has 0 saturated carbocycles. The van der Waals surface area contributed by atoms with Crippen molar-refractivity contribution >= 4 is 5.91 Å². The van der Waals surface area contributed by atoms with Gasteiger partial charge in [-0.05, 0) is 38.1 Å². The van der Waals surface area contributed by atoms with Crippen molar-refractivity contribution in [1.29, 1.82) is 0 Å². The summed E-state index contributed by atoms with van der Waals surface area (Å²) in [6, 6.07) is 19.8. The molecular weight excluding hydrogens is 338 g/mol. The van der Waals surface area contributed by atoms with Crippen molar-refractivity contribution in [2.24, 2.45) is 0 Å². The van der Waals surface area contributed by atoms with E-state index >= 15 is 0 Å². The number of amides is 1. The quantitative estimate of drug-likeness (QED) is 0.713. The standard InChI is InChI=1S/C22H23N3O2/c1-16-15-27-17(2)14-24(16)22(26)19-9-6-10-20(13-19)25-21(11-12-23-25)18-7-4-3-5-8-18/h3-13,16-17H,14-15H2,1-2H3. The zero-order valence-corrected chi connectivity index (χ0v) is 15.6. The second-order valence-electron chi connectivity index (χ2n) is 7.00. The van der Waals surface area contributed by atoms with E-state index in [0.717, 1.165) is 16.9 Å². The molecule has 2 aromatic carbocycles. The Labute approximate surface area is 159 Å². The van der Waals surface area contributed by atoms with Gasteiger partial charge in [-0.25, -0.2) is 4.68 Å². The minimum Gasteiger partial charge on any atom is -0.375 e. The second-order valence-corrected chi connectivity index (χ2v) is 7.00. The lowest BCUT2D eigenvalue weighted by Crippen LogP contribution is -2.50. The smallest absolute Gasteiger partial charge is 0.254 e. The van der Waals surface area contributed by atoms with E-state index < -0.39 is 0 Å². The molecule has 3 aromatic rings. The maximum atomic E-state index is 13.1. The Morgan fingerprint density at radius 3 is 2.70 bits per heavy atom. The Balaban J connectivity index is 1.66. The van der Waals surface area contributed by atoms with E-state index in [1.54, 1.807) is 6.20 Å². The summed E-state index contributed by atoms with van der Waals surface area (Å²) in [4.78, 5) is 15.0. The third-order valence-corrected chi connectivity index (χ3v) is 4.92. The van der Waals surface area contributed by atoms with Gasteiger partial charge in [0.2, 0.25) is 0 Å². The van der Waals surface area contributed by atoms with Crippen LogP contribution in [-0.4, -0.2) is 45.9 Å². The summed E-state index contributed by atoms with van der Waals surface area (Å²) in [6.45, 7) is 5.21. The number of benzene rings is 2. The summed E-state index contributed by atoms with van der Waals surface area (Å²) in [5, 5.41) is 4.47. The molecule has 1 saturated heterocycles. The molecule has 1 aromatic heterocycles. The lowest BCUT2D eigenvalue weighted by atomic mass is 10.1. The molecular formula is C22H23N3O2. The van der Waals surface area contributed by atoms with Crippen LogP contribution in [0.2, 0.25) is 0 Å². The fourth-order valence-corrected chi connectivity index (χ4v) is 3.46. The predicted octanol–water partition coefficient (Wildman–Crippen LogP) is 3.79. The first kappa shape index (κ1) is 17.5. The minimum atomic E-state index is 0.0351. The van der Waals surface area contributed by atoms with E-state index in [4.69, 9.17) is 4.74 Å². The van der Waals surface area contributed by atoms with Crippen molar-refractivity contribution in [3.05, 3.63) is 72.4 Å². The van der Waals surface area contributed by atoms with Crippen molar-refractivity contribution in [1.82, 2.24) is 14.7 Å². The SMILES string of the molecule is CC1CN(C(=O)c2cccc(-n3nccc3-c3ccccc3)c2)C(C)CO1. The van der Waals surface area contributed by atoms with E-state index in [2.05, 4.69) is 17.2 Å². The van der Waals surface area contributed by atoms with Crippen molar-refractivity contribution in [3.63, 3.8) is 0 Å². The molecule has 2 atom stereocenters. The summed E-state index contributed by atoms with van der Waals surface area (Å²) < 4.78 is 7.52. The summed E-state index contributed by atoms with van der Waals surface area (Å²) in [6.07, 6.45) is 1.84. The van der Waals surface area contributed by atoms with Crippen LogP contribution in [0.4, 0.5) is 0 Å². The van der Waals surface area contributed by atoms with Crippen molar-refractivity contribution in [2.75, 3.05) is 13.2 Å². The van der Waals surface area contributed by atoms with E-state index in [9.17, 15) is 4.79 Å². The van der Waals surface area contributed by atoms with Gasteiger partial charge < -0.3 is 9.64 Å². The highest BCUT2D eigenvalue weighted by Gasteiger charge is 2.28. The molecule has 2 heterocycles. The molecule has 4 rings (SSSR count). The predicted molar refractivity (Wildman–Crippen MR) is 105 cm³/mol. The van der Waals surface area contributed by atoms with Crippen LogP contribution < -0.4 is 0 Å².